The number of carbonyl (C=O) groups excluding carboxylic acids is 1. The van der Waals surface area contributed by atoms with Gasteiger partial charge in [0, 0.05) is 29.7 Å². The third kappa shape index (κ3) is 4.29. The number of anilines is 1. The second-order valence-corrected chi connectivity index (χ2v) is 9.02. The molecule has 0 saturated carbocycles. The molecule has 2 aromatic carbocycles. The van der Waals surface area contributed by atoms with Crippen LogP contribution in [0.15, 0.2) is 70.2 Å². The van der Waals surface area contributed by atoms with E-state index < -0.39 is 11.2 Å². The van der Waals surface area contributed by atoms with Crippen molar-refractivity contribution in [3.05, 3.63) is 76.5 Å². The number of non-ortho nitro benzene ring substituents is 1. The van der Waals surface area contributed by atoms with Gasteiger partial charge in [-0.1, -0.05) is 43.8 Å². The van der Waals surface area contributed by atoms with E-state index in [0.29, 0.717) is 39.2 Å². The number of aromatic nitrogens is 3. The Kier molecular flexibility index (Phi) is 6.38. The van der Waals surface area contributed by atoms with Gasteiger partial charge in [0.05, 0.1) is 10.6 Å². The smallest absolute Gasteiger partial charge is 0.269 e. The van der Waals surface area contributed by atoms with Crippen molar-refractivity contribution in [2.75, 3.05) is 10.7 Å². The molecule has 1 unspecified atom stereocenters. The average Bonchev–Trinajstić information content (AvgIpc) is 3.34. The van der Waals surface area contributed by atoms with Crippen molar-refractivity contribution in [2.24, 2.45) is 0 Å². The minimum atomic E-state index is -0.956. The van der Waals surface area contributed by atoms with Crippen LogP contribution in [-0.4, -0.2) is 31.8 Å². The molecule has 182 valence electrons. The van der Waals surface area contributed by atoms with Crippen LogP contribution in [0.4, 0.5) is 11.4 Å². The number of benzene rings is 2. The highest BCUT2D eigenvalue weighted by Gasteiger charge is 2.37. The molecule has 0 saturated heterocycles. The molecule has 1 aliphatic rings. The number of nitro groups is 1. The van der Waals surface area contributed by atoms with Gasteiger partial charge in [0.1, 0.15) is 5.76 Å². The van der Waals surface area contributed by atoms with Crippen LogP contribution >= 0.6 is 11.8 Å². The van der Waals surface area contributed by atoms with Crippen LogP contribution in [0, 0.1) is 10.1 Å². The Morgan fingerprint density at radius 1 is 1.08 bits per heavy atom. The van der Waals surface area contributed by atoms with Crippen LogP contribution in [0.3, 0.4) is 0 Å². The molecule has 0 aliphatic carbocycles. The number of furan rings is 1. The van der Waals surface area contributed by atoms with E-state index in [1.807, 2.05) is 31.2 Å². The summed E-state index contributed by atoms with van der Waals surface area (Å²) in [4.78, 5) is 29.9. The van der Waals surface area contributed by atoms with Crippen LogP contribution in [0.1, 0.15) is 32.3 Å². The highest BCUT2D eigenvalue weighted by molar-refractivity contribution is 7.99. The number of ether oxygens (including phenoxy) is 1. The highest BCUT2D eigenvalue weighted by atomic mass is 32.2. The topological polar surface area (TPSA) is 124 Å². The van der Waals surface area contributed by atoms with Crippen LogP contribution in [0.5, 0.6) is 5.88 Å². The van der Waals surface area contributed by atoms with Crippen molar-refractivity contribution >= 4 is 29.0 Å². The summed E-state index contributed by atoms with van der Waals surface area (Å²) >= 11 is 1.43. The first-order valence-electron chi connectivity index (χ1n) is 11.3. The van der Waals surface area contributed by atoms with Gasteiger partial charge in [-0.15, -0.1) is 10.2 Å². The zero-order valence-electron chi connectivity index (χ0n) is 19.5. The molecule has 10 nitrogen and oxygen atoms in total. The zero-order valence-corrected chi connectivity index (χ0v) is 20.3. The first kappa shape index (κ1) is 23.5. The molecule has 4 aromatic rings. The molecule has 0 fully saturated rings. The summed E-state index contributed by atoms with van der Waals surface area (Å²) in [5.41, 5.74) is 2.35. The number of hydrogen-bond acceptors (Lipinski definition) is 9. The number of fused-ring (bicyclic) bond motifs is 3. The molecule has 1 aliphatic heterocycles. The summed E-state index contributed by atoms with van der Waals surface area (Å²) in [6.07, 6.45) is -0.723. The Balaban J connectivity index is 1.62. The van der Waals surface area contributed by atoms with Crippen molar-refractivity contribution in [3.8, 4) is 28.5 Å². The van der Waals surface area contributed by atoms with E-state index in [9.17, 15) is 14.9 Å². The number of rotatable bonds is 6. The van der Waals surface area contributed by atoms with Crippen LogP contribution < -0.4 is 9.64 Å². The van der Waals surface area contributed by atoms with Crippen molar-refractivity contribution in [1.29, 1.82) is 0 Å². The van der Waals surface area contributed by atoms with E-state index in [4.69, 9.17) is 9.15 Å². The molecule has 0 N–H and O–H groups in total. The molecule has 1 atom stereocenters. The molecule has 2 aromatic heterocycles. The van der Waals surface area contributed by atoms with E-state index in [1.165, 1.54) is 23.9 Å². The van der Waals surface area contributed by atoms with E-state index >= 15 is 0 Å². The summed E-state index contributed by atoms with van der Waals surface area (Å²) in [7, 11) is 0. The summed E-state index contributed by atoms with van der Waals surface area (Å²) in [5.74, 6) is 1.68. The maximum Gasteiger partial charge on any atom is 0.269 e. The normalized spacial score (nSPS) is 14.4. The van der Waals surface area contributed by atoms with E-state index in [2.05, 4.69) is 15.2 Å². The number of nitrogens with zero attached hydrogens (tertiary/aromatic N) is 5. The Morgan fingerprint density at radius 3 is 2.58 bits per heavy atom. The number of thioether (sulfide) groups is 1. The minimum absolute atomic E-state index is 0.0153. The first-order chi connectivity index (χ1) is 17.5. The summed E-state index contributed by atoms with van der Waals surface area (Å²) in [6.45, 7) is 3.77. The maximum atomic E-state index is 13.2. The lowest BCUT2D eigenvalue weighted by atomic mass is 10.1. The molecule has 3 heterocycles. The Bertz CT molecular complexity index is 1440. The quantitative estimate of drug-likeness (QED) is 0.186. The first-order valence-corrected chi connectivity index (χ1v) is 12.3. The Labute approximate surface area is 210 Å². The van der Waals surface area contributed by atoms with Gasteiger partial charge in [0.15, 0.2) is 11.5 Å². The third-order valence-corrected chi connectivity index (χ3v) is 6.31. The van der Waals surface area contributed by atoms with E-state index in [1.54, 1.807) is 36.1 Å². The number of hydrogen-bond donors (Lipinski definition) is 0. The largest absolute Gasteiger partial charge is 0.455 e. The standard InChI is InChI=1S/C25H21N5O5S/c1-3-21(31)29-18-8-6-5-7-17(18)22-23(26-25(28-27-22)36-4-2)35-24(29)20-14-13-19(34-20)15-9-11-16(12-10-15)30(32)33/h5-14,24H,3-4H2,1-2H3. The lowest BCUT2D eigenvalue weighted by Gasteiger charge is -2.29. The second-order valence-electron chi connectivity index (χ2n) is 7.79. The van der Waals surface area contributed by atoms with E-state index in [0.717, 1.165) is 5.75 Å². The van der Waals surface area contributed by atoms with Gasteiger partial charge in [-0.05, 0) is 36.1 Å². The number of carbonyl (C=O) groups is 1. The molecule has 11 heteroatoms. The Morgan fingerprint density at radius 2 is 1.86 bits per heavy atom. The fourth-order valence-electron chi connectivity index (χ4n) is 3.92. The van der Waals surface area contributed by atoms with Crippen molar-refractivity contribution < 1.29 is 18.9 Å². The molecule has 36 heavy (non-hydrogen) atoms. The second kappa shape index (κ2) is 9.78. The van der Waals surface area contributed by atoms with E-state index in [-0.39, 0.29) is 23.9 Å². The number of para-hydroxylation sites is 1. The van der Waals surface area contributed by atoms with Crippen molar-refractivity contribution in [3.63, 3.8) is 0 Å². The predicted octanol–water partition coefficient (Wildman–Crippen LogP) is 5.65. The zero-order chi connectivity index (χ0) is 25.2. The van der Waals surface area contributed by atoms with Crippen LogP contribution in [0.25, 0.3) is 22.6 Å². The fourth-order valence-corrected chi connectivity index (χ4v) is 4.42. The lowest BCUT2D eigenvalue weighted by molar-refractivity contribution is -0.384. The molecule has 5 rings (SSSR count). The Hall–Kier alpha value is -4.25. The molecule has 0 radical (unpaired) electrons. The van der Waals surface area contributed by atoms with Crippen LogP contribution in [0.2, 0.25) is 0 Å². The predicted molar refractivity (Wildman–Crippen MR) is 134 cm³/mol. The summed E-state index contributed by atoms with van der Waals surface area (Å²) < 4.78 is 12.5. The van der Waals surface area contributed by atoms with Gasteiger partial charge in [0.2, 0.25) is 23.2 Å². The van der Waals surface area contributed by atoms with Gasteiger partial charge >= 0.3 is 0 Å². The monoisotopic (exact) mass is 503 g/mol. The van der Waals surface area contributed by atoms with Crippen molar-refractivity contribution in [1.82, 2.24) is 15.2 Å². The molecule has 1 amide bonds. The SMILES string of the molecule is CCSc1nnc2c(n1)OC(c1ccc(-c3ccc([N+](=O)[O-])cc3)o1)N(C(=O)CC)c1ccccc1-2. The maximum absolute atomic E-state index is 13.2. The van der Waals surface area contributed by atoms with Gasteiger partial charge in [-0.25, -0.2) is 0 Å². The lowest BCUT2D eigenvalue weighted by Crippen LogP contribution is -2.37. The fraction of sp³-hybridized carbons (Fsp3) is 0.200. The minimum Gasteiger partial charge on any atom is -0.455 e. The van der Waals surface area contributed by atoms with Gasteiger partial charge in [0.25, 0.3) is 5.69 Å². The molecular weight excluding hydrogens is 482 g/mol. The average molecular weight is 504 g/mol. The van der Waals surface area contributed by atoms with Crippen LogP contribution in [-0.2, 0) is 4.79 Å². The molecular formula is C25H21N5O5S. The number of amides is 1. The van der Waals surface area contributed by atoms with Crippen molar-refractivity contribution in [2.45, 2.75) is 31.7 Å². The molecule has 0 spiro atoms. The summed E-state index contributed by atoms with van der Waals surface area (Å²) in [5, 5.41) is 20.1. The van der Waals surface area contributed by atoms with Gasteiger partial charge in [-0.2, -0.15) is 4.98 Å². The van der Waals surface area contributed by atoms with Gasteiger partial charge < -0.3 is 9.15 Å². The third-order valence-electron chi connectivity index (χ3n) is 5.59. The molecule has 0 bridgehead atoms. The number of nitro benzene ring substituents is 1. The van der Waals surface area contributed by atoms with Gasteiger partial charge in [-0.3, -0.25) is 19.8 Å². The summed E-state index contributed by atoms with van der Waals surface area (Å²) in [6, 6.07) is 16.9. The highest BCUT2D eigenvalue weighted by Crippen LogP contribution is 2.44.